The molecule has 0 atom stereocenters. The Morgan fingerprint density at radius 2 is 2.05 bits per heavy atom. The van der Waals surface area contributed by atoms with Crippen molar-refractivity contribution in [3.05, 3.63) is 44.8 Å². The number of carbonyl (C=O) groups excluding carboxylic acids is 2. The minimum atomic E-state index is -0.734. The van der Waals surface area contributed by atoms with Crippen LogP contribution in [0, 0.1) is 9.39 Å². The lowest BCUT2D eigenvalue weighted by Crippen LogP contribution is -2.20. The first-order chi connectivity index (χ1) is 9.86. The standard InChI is InChI=1S/C15H17FINO3/c1-4-21-15(20)11(7-8-18(2)3)14(19)12-9-10(17)5-6-13(12)16/h5-7,9H,4,8H2,1-3H3. The van der Waals surface area contributed by atoms with Crippen molar-refractivity contribution in [2.24, 2.45) is 0 Å². The van der Waals surface area contributed by atoms with Gasteiger partial charge in [0.05, 0.1) is 12.2 Å². The van der Waals surface area contributed by atoms with Gasteiger partial charge in [-0.25, -0.2) is 9.18 Å². The maximum atomic E-state index is 13.8. The highest BCUT2D eigenvalue weighted by atomic mass is 127. The highest BCUT2D eigenvalue weighted by Crippen LogP contribution is 2.17. The lowest BCUT2D eigenvalue weighted by molar-refractivity contribution is -0.138. The summed E-state index contributed by atoms with van der Waals surface area (Å²) in [6.07, 6.45) is 1.46. The van der Waals surface area contributed by atoms with Crippen LogP contribution in [0.15, 0.2) is 29.8 Å². The van der Waals surface area contributed by atoms with Crippen molar-refractivity contribution in [1.82, 2.24) is 4.90 Å². The molecule has 0 N–H and O–H groups in total. The zero-order valence-electron chi connectivity index (χ0n) is 12.2. The molecule has 0 bridgehead atoms. The maximum Gasteiger partial charge on any atom is 0.341 e. The highest BCUT2D eigenvalue weighted by Gasteiger charge is 2.23. The van der Waals surface area contributed by atoms with E-state index in [1.807, 2.05) is 22.6 Å². The number of rotatable bonds is 6. The van der Waals surface area contributed by atoms with E-state index < -0.39 is 17.6 Å². The first kappa shape index (κ1) is 17.8. The molecule has 0 amide bonds. The zero-order valence-corrected chi connectivity index (χ0v) is 14.3. The van der Waals surface area contributed by atoms with Crippen LogP contribution in [0.5, 0.6) is 0 Å². The van der Waals surface area contributed by atoms with E-state index in [4.69, 9.17) is 4.74 Å². The van der Waals surface area contributed by atoms with Crippen LogP contribution in [0.3, 0.4) is 0 Å². The van der Waals surface area contributed by atoms with Gasteiger partial charge in [0.2, 0.25) is 5.78 Å². The van der Waals surface area contributed by atoms with Crippen molar-refractivity contribution in [1.29, 1.82) is 0 Å². The van der Waals surface area contributed by atoms with Crippen molar-refractivity contribution in [2.75, 3.05) is 27.2 Å². The summed E-state index contributed by atoms with van der Waals surface area (Å²) in [5, 5.41) is 0. The number of ether oxygens (including phenoxy) is 1. The quantitative estimate of drug-likeness (QED) is 0.182. The van der Waals surface area contributed by atoms with Gasteiger partial charge in [0.25, 0.3) is 0 Å². The molecular weight excluding hydrogens is 388 g/mol. The van der Waals surface area contributed by atoms with Crippen LogP contribution in [0.2, 0.25) is 0 Å². The fourth-order valence-electron chi connectivity index (χ4n) is 1.57. The van der Waals surface area contributed by atoms with E-state index >= 15 is 0 Å². The Kier molecular flexibility index (Phi) is 6.97. The van der Waals surface area contributed by atoms with Crippen LogP contribution < -0.4 is 0 Å². The van der Waals surface area contributed by atoms with Gasteiger partial charge in [0, 0.05) is 10.1 Å². The summed E-state index contributed by atoms with van der Waals surface area (Å²) in [5.41, 5.74) is -0.272. The van der Waals surface area contributed by atoms with Crippen LogP contribution in [-0.4, -0.2) is 43.9 Å². The first-order valence-electron chi connectivity index (χ1n) is 6.38. The van der Waals surface area contributed by atoms with Crippen LogP contribution in [0.4, 0.5) is 4.39 Å². The monoisotopic (exact) mass is 405 g/mol. The Morgan fingerprint density at radius 3 is 2.62 bits per heavy atom. The maximum absolute atomic E-state index is 13.8. The van der Waals surface area contributed by atoms with Crippen molar-refractivity contribution >= 4 is 34.3 Å². The Balaban J connectivity index is 3.18. The van der Waals surface area contributed by atoms with E-state index in [0.29, 0.717) is 10.1 Å². The summed E-state index contributed by atoms with van der Waals surface area (Å²) in [6.45, 7) is 2.18. The third-order valence-electron chi connectivity index (χ3n) is 2.57. The second kappa shape index (κ2) is 8.23. The molecule has 0 heterocycles. The molecule has 21 heavy (non-hydrogen) atoms. The van der Waals surface area contributed by atoms with E-state index in [1.54, 1.807) is 32.0 Å². The SMILES string of the molecule is CCOC(=O)C(=CCN(C)C)C(=O)c1cc(I)ccc1F. The summed E-state index contributed by atoms with van der Waals surface area (Å²) in [5.74, 6) is -2.05. The van der Waals surface area contributed by atoms with E-state index in [9.17, 15) is 14.0 Å². The Bertz CT molecular complexity index is 570. The second-order valence-corrected chi connectivity index (χ2v) is 5.80. The Morgan fingerprint density at radius 1 is 1.38 bits per heavy atom. The molecule has 0 spiro atoms. The number of halogens is 2. The summed E-state index contributed by atoms with van der Waals surface area (Å²) in [4.78, 5) is 26.1. The molecule has 0 aromatic heterocycles. The number of Topliss-reactive ketones (excluding diaryl/α,β-unsaturated/α-hetero) is 1. The van der Waals surface area contributed by atoms with E-state index in [2.05, 4.69) is 0 Å². The summed E-state index contributed by atoms with van der Waals surface area (Å²) in [7, 11) is 3.60. The van der Waals surface area contributed by atoms with Crippen LogP contribution in [0.1, 0.15) is 17.3 Å². The average Bonchev–Trinajstić information content (AvgIpc) is 2.41. The number of hydrogen-bond acceptors (Lipinski definition) is 4. The molecule has 0 aliphatic rings. The number of nitrogens with zero attached hydrogens (tertiary/aromatic N) is 1. The Hall–Kier alpha value is -1.28. The van der Waals surface area contributed by atoms with Gasteiger partial charge in [0.1, 0.15) is 11.4 Å². The smallest absolute Gasteiger partial charge is 0.341 e. The molecule has 0 aliphatic carbocycles. The molecule has 0 saturated carbocycles. The van der Waals surface area contributed by atoms with E-state index in [0.717, 1.165) is 0 Å². The molecule has 6 heteroatoms. The lowest BCUT2D eigenvalue weighted by atomic mass is 10.0. The summed E-state index contributed by atoms with van der Waals surface area (Å²) in [6, 6.07) is 4.19. The lowest BCUT2D eigenvalue weighted by Gasteiger charge is -2.10. The fourth-order valence-corrected chi connectivity index (χ4v) is 2.06. The molecule has 4 nitrogen and oxygen atoms in total. The molecule has 1 aromatic rings. The number of ketones is 1. The van der Waals surface area contributed by atoms with Crippen molar-refractivity contribution < 1.29 is 18.7 Å². The molecule has 0 unspecified atom stereocenters. The van der Waals surface area contributed by atoms with Gasteiger partial charge in [-0.05, 0) is 61.8 Å². The molecule has 1 rings (SSSR count). The minimum Gasteiger partial charge on any atom is -0.462 e. The highest BCUT2D eigenvalue weighted by molar-refractivity contribution is 14.1. The van der Waals surface area contributed by atoms with Gasteiger partial charge in [-0.15, -0.1) is 0 Å². The van der Waals surface area contributed by atoms with Gasteiger partial charge in [-0.3, -0.25) is 4.79 Å². The third kappa shape index (κ3) is 5.20. The van der Waals surface area contributed by atoms with Crippen LogP contribution in [0.25, 0.3) is 0 Å². The number of benzene rings is 1. The molecule has 0 saturated heterocycles. The topological polar surface area (TPSA) is 46.6 Å². The molecule has 0 fully saturated rings. The summed E-state index contributed by atoms with van der Waals surface area (Å²) < 4.78 is 19.4. The van der Waals surface area contributed by atoms with Gasteiger partial charge in [-0.1, -0.05) is 6.08 Å². The van der Waals surface area contributed by atoms with Crippen molar-refractivity contribution in [2.45, 2.75) is 6.92 Å². The predicted octanol–water partition coefficient (Wildman–Crippen LogP) is 2.66. The Labute approximate surface area is 137 Å². The number of likely N-dealkylation sites (N-methyl/N-ethyl adjacent to an activating group) is 1. The van der Waals surface area contributed by atoms with Crippen molar-refractivity contribution in [3.8, 4) is 0 Å². The van der Waals surface area contributed by atoms with E-state index in [-0.39, 0.29) is 17.7 Å². The molecular formula is C15H17FINO3. The van der Waals surface area contributed by atoms with Crippen molar-refractivity contribution in [3.63, 3.8) is 0 Å². The molecule has 114 valence electrons. The van der Waals surface area contributed by atoms with E-state index in [1.165, 1.54) is 18.2 Å². The first-order valence-corrected chi connectivity index (χ1v) is 7.46. The molecule has 0 aliphatic heterocycles. The molecule has 1 aromatic carbocycles. The number of carbonyl (C=O) groups is 2. The minimum absolute atomic E-state index is 0.125. The van der Waals surface area contributed by atoms with Gasteiger partial charge in [-0.2, -0.15) is 0 Å². The van der Waals surface area contributed by atoms with Gasteiger partial charge in [0.15, 0.2) is 0 Å². The largest absolute Gasteiger partial charge is 0.462 e. The van der Waals surface area contributed by atoms with Gasteiger partial charge >= 0.3 is 5.97 Å². The van der Waals surface area contributed by atoms with Gasteiger partial charge < -0.3 is 9.64 Å². The normalized spacial score (nSPS) is 11.6. The van der Waals surface area contributed by atoms with Crippen LogP contribution >= 0.6 is 22.6 Å². The number of hydrogen-bond donors (Lipinski definition) is 0. The summed E-state index contributed by atoms with van der Waals surface area (Å²) >= 11 is 1.98. The van der Waals surface area contributed by atoms with Crippen LogP contribution in [-0.2, 0) is 9.53 Å². The predicted molar refractivity (Wildman–Crippen MR) is 86.7 cm³/mol. The fraction of sp³-hybridized carbons (Fsp3) is 0.333. The third-order valence-corrected chi connectivity index (χ3v) is 3.24. The zero-order chi connectivity index (χ0) is 16.0. The average molecular weight is 405 g/mol. The number of esters is 1. The molecule has 0 radical (unpaired) electrons. The second-order valence-electron chi connectivity index (χ2n) is 4.55.